The summed E-state index contributed by atoms with van der Waals surface area (Å²) < 4.78 is 5.46. The zero-order chi connectivity index (χ0) is 16.5. The maximum Gasteiger partial charge on any atom is 0.0470 e. The van der Waals surface area contributed by atoms with Crippen molar-refractivity contribution in [1.29, 1.82) is 0 Å². The Kier molecular flexibility index (Phi) is 8.55. The van der Waals surface area contributed by atoms with E-state index in [2.05, 4.69) is 0 Å². The second-order valence-corrected chi connectivity index (χ2v) is 6.87. The molecule has 0 rings (SSSR count). The van der Waals surface area contributed by atoms with E-state index >= 15 is 0 Å². The molecule has 0 amide bonds. The van der Waals surface area contributed by atoms with Gasteiger partial charge in [-0.2, -0.15) is 0 Å². The van der Waals surface area contributed by atoms with Gasteiger partial charge in [-0.25, -0.2) is 0 Å². The van der Waals surface area contributed by atoms with E-state index in [1.807, 2.05) is 0 Å². The maximum atomic E-state index is 10.8. The Hall–Kier alpha value is -1.10. The van der Waals surface area contributed by atoms with Crippen LogP contribution in [0.1, 0.15) is 66.2 Å². The number of hydrogen-bond donors (Lipinski definition) is 0. The number of carboxylic acids is 2. The standard InChI is InChI=1S/C16H30O5/c1-15(2,13(17)18)9-5-7-11-21-12-8-6-10-16(3,4)14(19)20/h5-12H2,1-4H3,(H,17,18)(H,19,20)/p-2. The van der Waals surface area contributed by atoms with Gasteiger partial charge in [-0.15, -0.1) is 0 Å². The van der Waals surface area contributed by atoms with E-state index < -0.39 is 22.8 Å². The number of hydrogen-bond acceptors (Lipinski definition) is 5. The van der Waals surface area contributed by atoms with Crippen LogP contribution in [-0.2, 0) is 14.3 Å². The van der Waals surface area contributed by atoms with Gasteiger partial charge in [-0.3, -0.25) is 0 Å². The van der Waals surface area contributed by atoms with Gasteiger partial charge in [0.25, 0.3) is 0 Å². The van der Waals surface area contributed by atoms with E-state index in [0.717, 1.165) is 25.7 Å². The molecule has 0 aromatic rings. The minimum atomic E-state index is -1.01. The highest BCUT2D eigenvalue weighted by molar-refractivity contribution is 5.71. The number of aliphatic carboxylic acids is 2. The number of unbranched alkanes of at least 4 members (excludes halogenated alkanes) is 2. The highest BCUT2D eigenvalue weighted by atomic mass is 16.5. The predicted molar refractivity (Wildman–Crippen MR) is 76.1 cm³/mol. The van der Waals surface area contributed by atoms with E-state index in [9.17, 15) is 19.8 Å². The van der Waals surface area contributed by atoms with Crippen molar-refractivity contribution in [3.63, 3.8) is 0 Å². The summed E-state index contributed by atoms with van der Waals surface area (Å²) in [6.45, 7) is 7.88. The summed E-state index contributed by atoms with van der Waals surface area (Å²) in [7, 11) is 0. The molecule has 0 saturated carbocycles. The van der Waals surface area contributed by atoms with Gasteiger partial charge in [0.2, 0.25) is 0 Å². The maximum absolute atomic E-state index is 10.8. The number of carboxylic acid groups (broad SMARTS) is 2. The first-order valence-corrected chi connectivity index (χ1v) is 7.60. The molecule has 0 aliphatic rings. The second kappa shape index (κ2) is 9.03. The SMILES string of the molecule is CC(C)(CCCCOCCCCC(C)(C)C(=O)[O-])C(=O)[O-]. The Labute approximate surface area is 127 Å². The lowest BCUT2D eigenvalue weighted by molar-refractivity contribution is -0.319. The summed E-state index contributed by atoms with van der Waals surface area (Å²) in [5, 5.41) is 21.6. The molecule has 0 unspecified atom stereocenters. The van der Waals surface area contributed by atoms with Gasteiger partial charge < -0.3 is 24.5 Å². The number of carbonyl (C=O) groups excluding carboxylic acids is 2. The van der Waals surface area contributed by atoms with Crippen molar-refractivity contribution in [3.05, 3.63) is 0 Å². The fourth-order valence-corrected chi connectivity index (χ4v) is 1.85. The molecule has 5 nitrogen and oxygen atoms in total. The number of rotatable bonds is 12. The van der Waals surface area contributed by atoms with Crippen LogP contribution in [0.2, 0.25) is 0 Å². The molecule has 5 heteroatoms. The summed E-state index contributed by atoms with van der Waals surface area (Å²) in [5.74, 6) is -2.03. The molecule has 0 aromatic carbocycles. The lowest BCUT2D eigenvalue weighted by atomic mass is 9.87. The van der Waals surface area contributed by atoms with Gasteiger partial charge in [-0.1, -0.05) is 40.5 Å². The van der Waals surface area contributed by atoms with E-state index in [1.54, 1.807) is 27.7 Å². The van der Waals surface area contributed by atoms with Crippen molar-refractivity contribution in [2.45, 2.75) is 66.2 Å². The topological polar surface area (TPSA) is 89.5 Å². The van der Waals surface area contributed by atoms with Crippen LogP contribution in [0.25, 0.3) is 0 Å². The second-order valence-electron chi connectivity index (χ2n) is 6.87. The molecular formula is C16H28O5-2. The van der Waals surface area contributed by atoms with Gasteiger partial charge in [0.1, 0.15) is 0 Å². The molecule has 0 radical (unpaired) electrons. The molecule has 0 aromatic heterocycles. The number of ether oxygens (including phenoxy) is 1. The van der Waals surface area contributed by atoms with Crippen LogP contribution in [0.15, 0.2) is 0 Å². The van der Waals surface area contributed by atoms with Crippen molar-refractivity contribution in [1.82, 2.24) is 0 Å². The monoisotopic (exact) mass is 300 g/mol. The zero-order valence-corrected chi connectivity index (χ0v) is 13.7. The Balaban J connectivity index is 3.50. The van der Waals surface area contributed by atoms with Crippen LogP contribution in [0.4, 0.5) is 0 Å². The van der Waals surface area contributed by atoms with Crippen LogP contribution in [0, 0.1) is 10.8 Å². The first-order chi connectivity index (χ1) is 9.59. The quantitative estimate of drug-likeness (QED) is 0.499. The summed E-state index contributed by atoms with van der Waals surface area (Å²) >= 11 is 0. The average molecular weight is 300 g/mol. The van der Waals surface area contributed by atoms with Gasteiger partial charge >= 0.3 is 0 Å². The Morgan fingerprint density at radius 2 is 1.10 bits per heavy atom. The van der Waals surface area contributed by atoms with Gasteiger partial charge in [-0.05, 0) is 25.7 Å². The minimum absolute atomic E-state index is 0.582. The van der Waals surface area contributed by atoms with Gasteiger partial charge in [0.05, 0.1) is 0 Å². The normalized spacial score (nSPS) is 12.4. The molecule has 0 fully saturated rings. The minimum Gasteiger partial charge on any atom is -0.550 e. The molecule has 0 aliphatic heterocycles. The molecule has 21 heavy (non-hydrogen) atoms. The molecule has 0 heterocycles. The van der Waals surface area contributed by atoms with Gasteiger partial charge in [0, 0.05) is 36.0 Å². The third-order valence-corrected chi connectivity index (χ3v) is 3.79. The van der Waals surface area contributed by atoms with Crippen LogP contribution < -0.4 is 10.2 Å². The third-order valence-electron chi connectivity index (χ3n) is 3.79. The molecule has 0 bridgehead atoms. The molecule has 0 atom stereocenters. The smallest absolute Gasteiger partial charge is 0.0470 e. The molecule has 124 valence electrons. The van der Waals surface area contributed by atoms with E-state index in [0.29, 0.717) is 26.1 Å². The molecular weight excluding hydrogens is 272 g/mol. The van der Waals surface area contributed by atoms with Crippen molar-refractivity contribution >= 4 is 11.9 Å². The first-order valence-electron chi connectivity index (χ1n) is 7.60. The first kappa shape index (κ1) is 19.9. The van der Waals surface area contributed by atoms with Crippen LogP contribution >= 0.6 is 0 Å². The van der Waals surface area contributed by atoms with E-state index in [-0.39, 0.29) is 0 Å². The summed E-state index contributed by atoms with van der Waals surface area (Å²) in [6.07, 6.45) is 4.39. The van der Waals surface area contributed by atoms with Crippen LogP contribution in [0.3, 0.4) is 0 Å². The highest BCUT2D eigenvalue weighted by Crippen LogP contribution is 2.23. The number of carbonyl (C=O) groups is 2. The van der Waals surface area contributed by atoms with Gasteiger partial charge in [0.15, 0.2) is 0 Å². The van der Waals surface area contributed by atoms with E-state index in [4.69, 9.17) is 4.74 Å². The molecule has 0 aliphatic carbocycles. The lowest BCUT2D eigenvalue weighted by Gasteiger charge is -2.25. The summed E-state index contributed by atoms with van der Waals surface area (Å²) in [4.78, 5) is 21.6. The summed E-state index contributed by atoms with van der Waals surface area (Å²) in [6, 6.07) is 0. The van der Waals surface area contributed by atoms with Crippen molar-refractivity contribution < 1.29 is 24.5 Å². The molecule has 0 saturated heterocycles. The van der Waals surface area contributed by atoms with Crippen molar-refractivity contribution in [3.8, 4) is 0 Å². The Bertz CT molecular complexity index is 302. The predicted octanol–water partition coefficient (Wildman–Crippen LogP) is 0.896. The van der Waals surface area contributed by atoms with Crippen molar-refractivity contribution in [2.24, 2.45) is 10.8 Å². The highest BCUT2D eigenvalue weighted by Gasteiger charge is 2.19. The molecule has 0 N–H and O–H groups in total. The van der Waals surface area contributed by atoms with E-state index in [1.165, 1.54) is 0 Å². The fraction of sp³-hybridized carbons (Fsp3) is 0.875. The third kappa shape index (κ3) is 8.71. The zero-order valence-electron chi connectivity index (χ0n) is 13.7. The molecule has 0 spiro atoms. The largest absolute Gasteiger partial charge is 0.550 e. The summed E-state index contributed by atoms with van der Waals surface area (Å²) in [5.41, 5.74) is -1.56. The fourth-order valence-electron chi connectivity index (χ4n) is 1.85. The Morgan fingerprint density at radius 1 is 0.762 bits per heavy atom. The van der Waals surface area contributed by atoms with Crippen LogP contribution in [-0.4, -0.2) is 25.2 Å². The average Bonchev–Trinajstić information content (AvgIpc) is 2.36. The van der Waals surface area contributed by atoms with Crippen LogP contribution in [0.5, 0.6) is 0 Å². The van der Waals surface area contributed by atoms with Crippen molar-refractivity contribution in [2.75, 3.05) is 13.2 Å². The Morgan fingerprint density at radius 3 is 1.38 bits per heavy atom. The lowest BCUT2D eigenvalue weighted by Crippen LogP contribution is -2.38.